The molecule has 1 aliphatic carbocycles. The number of carboxylic acid groups (broad SMARTS) is 1. The van der Waals surface area contributed by atoms with Gasteiger partial charge < -0.3 is 15.2 Å². The molecule has 6 heteroatoms. The van der Waals surface area contributed by atoms with Gasteiger partial charge in [0.25, 0.3) is 0 Å². The van der Waals surface area contributed by atoms with Crippen LogP contribution in [0.5, 0.6) is 0 Å². The van der Waals surface area contributed by atoms with Gasteiger partial charge in [-0.25, -0.2) is 4.79 Å². The number of ether oxygens (including phenoxy) is 1. The fourth-order valence-corrected chi connectivity index (χ4v) is 2.94. The summed E-state index contributed by atoms with van der Waals surface area (Å²) in [7, 11) is 0. The number of hydrogen-bond acceptors (Lipinski definition) is 4. The van der Waals surface area contributed by atoms with Crippen molar-refractivity contribution in [3.8, 4) is 0 Å². The van der Waals surface area contributed by atoms with E-state index in [1.807, 2.05) is 0 Å². The number of esters is 1. The zero-order valence-electron chi connectivity index (χ0n) is 13.1. The van der Waals surface area contributed by atoms with Crippen LogP contribution in [0.15, 0.2) is 24.3 Å². The minimum absolute atomic E-state index is 0.241. The standard InChI is InChI=1S/C17H21NO5/c1-2-23-17(22)13-9-5-6-10-14(13)18-15(19)11-7-3-4-8-12(11)16(20)21/h5-6,9-12H,2-4,7-8H2,1H3,(H,18,19)(H,20,21)/t11-,12+/m0/s1. The van der Waals surface area contributed by atoms with Gasteiger partial charge in [-0.05, 0) is 31.9 Å². The molecule has 23 heavy (non-hydrogen) atoms. The number of carbonyl (C=O) groups is 3. The van der Waals surface area contributed by atoms with Crippen LogP contribution >= 0.6 is 0 Å². The monoisotopic (exact) mass is 319 g/mol. The molecule has 1 saturated carbocycles. The average Bonchev–Trinajstić information content (AvgIpc) is 2.55. The highest BCUT2D eigenvalue weighted by Crippen LogP contribution is 2.31. The first-order valence-electron chi connectivity index (χ1n) is 7.84. The zero-order chi connectivity index (χ0) is 16.8. The van der Waals surface area contributed by atoms with Crippen LogP contribution in [0.25, 0.3) is 0 Å². The fraction of sp³-hybridized carbons (Fsp3) is 0.471. The number of amides is 1. The van der Waals surface area contributed by atoms with Gasteiger partial charge in [0.2, 0.25) is 5.91 Å². The first-order valence-corrected chi connectivity index (χ1v) is 7.84. The number of benzene rings is 1. The third kappa shape index (κ3) is 4.09. The maximum Gasteiger partial charge on any atom is 0.340 e. The molecule has 0 spiro atoms. The minimum Gasteiger partial charge on any atom is -0.481 e. The summed E-state index contributed by atoms with van der Waals surface area (Å²) < 4.78 is 4.97. The first kappa shape index (κ1) is 17.0. The normalized spacial score (nSPS) is 20.6. The van der Waals surface area contributed by atoms with Gasteiger partial charge in [-0.3, -0.25) is 9.59 Å². The van der Waals surface area contributed by atoms with Crippen LogP contribution in [0.1, 0.15) is 43.0 Å². The van der Waals surface area contributed by atoms with E-state index in [0.717, 1.165) is 12.8 Å². The van der Waals surface area contributed by atoms with Crippen LogP contribution in [0.2, 0.25) is 0 Å². The number of aliphatic carboxylic acids is 1. The molecule has 0 unspecified atom stereocenters. The van der Waals surface area contributed by atoms with Gasteiger partial charge in [0, 0.05) is 0 Å². The Kier molecular flexibility index (Phi) is 5.73. The highest BCUT2D eigenvalue weighted by atomic mass is 16.5. The first-order chi connectivity index (χ1) is 11.0. The fourth-order valence-electron chi connectivity index (χ4n) is 2.94. The quantitative estimate of drug-likeness (QED) is 0.814. The number of rotatable bonds is 5. The van der Waals surface area contributed by atoms with Crippen LogP contribution in [-0.4, -0.2) is 29.6 Å². The topological polar surface area (TPSA) is 92.7 Å². The van der Waals surface area contributed by atoms with Gasteiger partial charge in [-0.15, -0.1) is 0 Å². The molecule has 124 valence electrons. The predicted octanol–water partition coefficient (Wildman–Crippen LogP) is 2.69. The van der Waals surface area contributed by atoms with Crippen LogP contribution in [0.4, 0.5) is 5.69 Å². The number of nitrogens with one attached hydrogen (secondary N) is 1. The Bertz CT molecular complexity index is 598. The molecule has 1 aliphatic rings. The van der Waals surface area contributed by atoms with Crippen molar-refractivity contribution < 1.29 is 24.2 Å². The molecule has 1 fully saturated rings. The number of para-hydroxylation sites is 1. The van der Waals surface area contributed by atoms with Gasteiger partial charge in [0.05, 0.1) is 29.7 Å². The summed E-state index contributed by atoms with van der Waals surface area (Å²) in [6.45, 7) is 1.95. The van der Waals surface area contributed by atoms with Crippen molar-refractivity contribution in [2.75, 3.05) is 11.9 Å². The smallest absolute Gasteiger partial charge is 0.340 e. The molecule has 0 saturated heterocycles. The Hall–Kier alpha value is -2.37. The summed E-state index contributed by atoms with van der Waals surface area (Å²) in [6, 6.07) is 6.57. The minimum atomic E-state index is -0.941. The molecule has 0 aromatic heterocycles. The van der Waals surface area contributed by atoms with Crippen molar-refractivity contribution in [3.63, 3.8) is 0 Å². The Labute approximate surface area is 134 Å². The lowest BCUT2D eigenvalue weighted by Crippen LogP contribution is -2.36. The largest absolute Gasteiger partial charge is 0.481 e. The molecular weight excluding hydrogens is 298 g/mol. The van der Waals surface area contributed by atoms with E-state index in [0.29, 0.717) is 18.5 Å². The van der Waals surface area contributed by atoms with Crippen molar-refractivity contribution in [1.82, 2.24) is 0 Å². The maximum absolute atomic E-state index is 12.5. The highest BCUT2D eigenvalue weighted by molar-refractivity contribution is 6.02. The number of carbonyl (C=O) groups excluding carboxylic acids is 2. The number of carboxylic acids is 1. The second kappa shape index (κ2) is 7.76. The van der Waals surface area contributed by atoms with E-state index in [-0.39, 0.29) is 18.1 Å². The average molecular weight is 319 g/mol. The molecule has 2 N–H and O–H groups in total. The Morgan fingerprint density at radius 3 is 2.48 bits per heavy atom. The zero-order valence-corrected chi connectivity index (χ0v) is 13.1. The summed E-state index contributed by atoms with van der Waals surface area (Å²) in [4.78, 5) is 35.7. The molecule has 0 heterocycles. The van der Waals surface area contributed by atoms with Crippen molar-refractivity contribution in [3.05, 3.63) is 29.8 Å². The van der Waals surface area contributed by atoms with Gasteiger partial charge in [0.1, 0.15) is 0 Å². The summed E-state index contributed by atoms with van der Waals surface area (Å²) in [5.41, 5.74) is 0.621. The van der Waals surface area contributed by atoms with E-state index in [4.69, 9.17) is 4.74 Å². The van der Waals surface area contributed by atoms with Crippen LogP contribution in [-0.2, 0) is 14.3 Å². The van der Waals surface area contributed by atoms with E-state index in [2.05, 4.69) is 5.32 Å². The molecule has 6 nitrogen and oxygen atoms in total. The van der Waals surface area contributed by atoms with Crippen LogP contribution < -0.4 is 5.32 Å². The van der Waals surface area contributed by atoms with Gasteiger partial charge >= 0.3 is 11.9 Å². The molecular formula is C17H21NO5. The number of hydrogen-bond donors (Lipinski definition) is 2. The Morgan fingerprint density at radius 1 is 1.17 bits per heavy atom. The second-order valence-electron chi connectivity index (χ2n) is 5.59. The molecule has 1 aromatic carbocycles. The molecule has 0 bridgehead atoms. The Morgan fingerprint density at radius 2 is 1.83 bits per heavy atom. The summed E-state index contributed by atoms with van der Waals surface area (Å²) >= 11 is 0. The molecule has 2 rings (SSSR count). The lowest BCUT2D eigenvalue weighted by molar-refractivity contribution is -0.147. The van der Waals surface area contributed by atoms with E-state index < -0.39 is 23.8 Å². The Balaban J connectivity index is 2.16. The van der Waals surface area contributed by atoms with Crippen molar-refractivity contribution in [2.24, 2.45) is 11.8 Å². The summed E-state index contributed by atoms with van der Waals surface area (Å²) in [5.74, 6) is -3.05. The van der Waals surface area contributed by atoms with Gasteiger partial charge in [-0.2, -0.15) is 0 Å². The van der Waals surface area contributed by atoms with E-state index in [1.54, 1.807) is 31.2 Å². The molecule has 1 amide bonds. The van der Waals surface area contributed by atoms with Crippen molar-refractivity contribution in [2.45, 2.75) is 32.6 Å². The van der Waals surface area contributed by atoms with Crippen molar-refractivity contribution >= 4 is 23.5 Å². The summed E-state index contributed by atoms with van der Waals surface area (Å²) in [6.07, 6.45) is 2.71. The molecule has 0 radical (unpaired) electrons. The van der Waals surface area contributed by atoms with E-state index in [1.165, 1.54) is 0 Å². The van der Waals surface area contributed by atoms with Gasteiger partial charge in [-0.1, -0.05) is 25.0 Å². The lowest BCUT2D eigenvalue weighted by atomic mass is 9.78. The van der Waals surface area contributed by atoms with Crippen molar-refractivity contribution in [1.29, 1.82) is 0 Å². The third-order valence-corrected chi connectivity index (χ3v) is 4.10. The highest BCUT2D eigenvalue weighted by Gasteiger charge is 2.36. The van der Waals surface area contributed by atoms with Gasteiger partial charge in [0.15, 0.2) is 0 Å². The molecule has 0 aliphatic heterocycles. The summed E-state index contributed by atoms with van der Waals surface area (Å²) in [5, 5.41) is 12.0. The lowest BCUT2D eigenvalue weighted by Gasteiger charge is -2.27. The van der Waals surface area contributed by atoms with Crippen LogP contribution in [0.3, 0.4) is 0 Å². The predicted molar refractivity (Wildman–Crippen MR) is 84.1 cm³/mol. The second-order valence-corrected chi connectivity index (χ2v) is 5.59. The van der Waals surface area contributed by atoms with Crippen LogP contribution in [0, 0.1) is 11.8 Å². The molecule has 1 aromatic rings. The maximum atomic E-state index is 12.5. The SMILES string of the molecule is CCOC(=O)c1ccccc1NC(=O)[C@H]1CCCC[C@H]1C(=O)O. The third-order valence-electron chi connectivity index (χ3n) is 4.10. The van der Waals surface area contributed by atoms with E-state index >= 15 is 0 Å². The number of anilines is 1. The molecule has 2 atom stereocenters. The van der Waals surface area contributed by atoms with E-state index in [9.17, 15) is 19.5 Å².